The van der Waals surface area contributed by atoms with Gasteiger partial charge in [0, 0.05) is 109 Å². The summed E-state index contributed by atoms with van der Waals surface area (Å²) in [5.41, 5.74) is -2.00. The first-order valence-corrected chi connectivity index (χ1v) is 30.2. The van der Waals surface area contributed by atoms with Crippen LogP contribution in [0.5, 0.6) is 0 Å². The SMILES string of the molecule is CC(C)ON1C(C)(C)CC(OC(=O)CCC(=O)OC2CC(C)(C)N(OC(C)C)C(C)(C)C2)CC1(C)C.CC(C)ON1C(C)(C)CC(OC(=O)CCCCCCCCC(=O)OC2CC(C)(C)N(OC(C)C)C(C)(C)C2)CC1(C)C. The number of hydrogen-bond donors (Lipinski definition) is 0. The van der Waals surface area contributed by atoms with E-state index in [4.69, 9.17) is 38.3 Å². The van der Waals surface area contributed by atoms with Gasteiger partial charge in [-0.15, -0.1) is 0 Å². The van der Waals surface area contributed by atoms with Gasteiger partial charge in [0.05, 0.1) is 37.3 Å². The molecule has 0 radical (unpaired) electrons. The summed E-state index contributed by atoms with van der Waals surface area (Å²) in [6.45, 7) is 50.4. The number of carbonyl (C=O) groups is 4. The van der Waals surface area contributed by atoms with Crippen molar-refractivity contribution in [1.29, 1.82) is 0 Å². The highest BCUT2D eigenvalue weighted by atomic mass is 16.7. The number of unbranched alkanes of at least 4 members (excludes halogenated alkanes) is 5. The fourth-order valence-corrected chi connectivity index (χ4v) is 13.4. The molecular formula is C62H116N4O12. The lowest BCUT2D eigenvalue weighted by atomic mass is 9.80. The smallest absolute Gasteiger partial charge is 0.306 e. The summed E-state index contributed by atoms with van der Waals surface area (Å²) >= 11 is 0. The average molecular weight is 1110 g/mol. The molecule has 16 nitrogen and oxygen atoms in total. The van der Waals surface area contributed by atoms with Crippen LogP contribution in [-0.2, 0) is 57.5 Å². The van der Waals surface area contributed by atoms with Crippen LogP contribution in [0.2, 0.25) is 0 Å². The Kier molecular flexibility index (Phi) is 25.3. The van der Waals surface area contributed by atoms with Gasteiger partial charge in [-0.25, -0.2) is 0 Å². The molecule has 0 aromatic carbocycles. The second-order valence-corrected chi connectivity index (χ2v) is 29.5. The van der Waals surface area contributed by atoms with Crippen molar-refractivity contribution in [3.8, 4) is 0 Å². The van der Waals surface area contributed by atoms with Crippen LogP contribution in [0.15, 0.2) is 0 Å². The van der Waals surface area contributed by atoms with E-state index in [9.17, 15) is 19.2 Å². The van der Waals surface area contributed by atoms with Crippen molar-refractivity contribution in [3.63, 3.8) is 0 Å². The molecule has 0 amide bonds. The molecule has 4 saturated heterocycles. The van der Waals surface area contributed by atoms with E-state index in [1.165, 1.54) is 0 Å². The number of hydroxylamine groups is 8. The normalized spacial score (nSPS) is 23.7. The minimum absolute atomic E-state index is 0.0183. The van der Waals surface area contributed by atoms with E-state index in [2.05, 4.69) is 121 Å². The van der Waals surface area contributed by atoms with Crippen LogP contribution in [0.25, 0.3) is 0 Å². The molecule has 456 valence electrons. The largest absolute Gasteiger partial charge is 0.462 e. The van der Waals surface area contributed by atoms with E-state index in [1.54, 1.807) is 0 Å². The number of piperidine rings is 4. The molecule has 4 aliphatic rings. The van der Waals surface area contributed by atoms with Crippen LogP contribution in [0.1, 0.15) is 282 Å². The molecule has 4 rings (SSSR count). The second-order valence-electron chi connectivity index (χ2n) is 29.5. The highest BCUT2D eigenvalue weighted by Gasteiger charge is 2.52. The van der Waals surface area contributed by atoms with Gasteiger partial charge < -0.3 is 18.9 Å². The van der Waals surface area contributed by atoms with E-state index in [-0.39, 0.29) is 130 Å². The summed E-state index contributed by atoms with van der Waals surface area (Å²) < 4.78 is 23.5. The molecule has 0 aromatic heterocycles. The first-order chi connectivity index (χ1) is 35.5. The van der Waals surface area contributed by atoms with E-state index in [0.29, 0.717) is 38.5 Å². The van der Waals surface area contributed by atoms with Crippen LogP contribution in [0, 0.1) is 0 Å². The van der Waals surface area contributed by atoms with Gasteiger partial charge in [0.1, 0.15) is 24.4 Å². The summed E-state index contributed by atoms with van der Waals surface area (Å²) in [5.74, 6) is -0.911. The lowest BCUT2D eigenvalue weighted by molar-refractivity contribution is -0.309. The van der Waals surface area contributed by atoms with Crippen molar-refractivity contribution >= 4 is 23.9 Å². The van der Waals surface area contributed by atoms with Crippen LogP contribution < -0.4 is 0 Å². The van der Waals surface area contributed by atoms with Crippen LogP contribution in [-0.4, -0.2) is 137 Å². The number of hydrogen-bond acceptors (Lipinski definition) is 16. The van der Waals surface area contributed by atoms with Crippen LogP contribution in [0.4, 0.5) is 0 Å². The summed E-state index contributed by atoms with van der Waals surface area (Å²) in [6.07, 6.45) is 12.2. The van der Waals surface area contributed by atoms with Crippen LogP contribution in [0.3, 0.4) is 0 Å². The van der Waals surface area contributed by atoms with E-state index in [0.717, 1.165) is 64.2 Å². The summed E-state index contributed by atoms with van der Waals surface area (Å²) in [7, 11) is 0. The van der Waals surface area contributed by atoms with Crippen LogP contribution >= 0.6 is 0 Å². The van der Waals surface area contributed by atoms with Crippen molar-refractivity contribution < 1.29 is 57.5 Å². The zero-order valence-corrected chi connectivity index (χ0v) is 54.0. The molecule has 0 N–H and O–H groups in total. The fraction of sp³-hybridized carbons (Fsp3) is 0.935. The van der Waals surface area contributed by atoms with Crippen molar-refractivity contribution in [3.05, 3.63) is 0 Å². The molecule has 4 heterocycles. The second kappa shape index (κ2) is 28.2. The average Bonchev–Trinajstić information content (AvgIpc) is 3.22. The quantitative estimate of drug-likeness (QED) is 0.0511. The Balaban J connectivity index is 0.000000415. The number of nitrogens with zero attached hydrogens (tertiary/aromatic N) is 4. The van der Waals surface area contributed by atoms with E-state index >= 15 is 0 Å². The number of carbonyl (C=O) groups excluding carboxylic acids is 4. The molecule has 0 saturated carbocycles. The Morgan fingerprint density at radius 3 is 0.615 bits per heavy atom. The maximum atomic E-state index is 12.6. The molecule has 0 aromatic rings. The highest BCUT2D eigenvalue weighted by molar-refractivity contribution is 5.78. The Labute approximate surface area is 474 Å². The minimum Gasteiger partial charge on any atom is -0.462 e. The van der Waals surface area contributed by atoms with Crippen molar-refractivity contribution in [1.82, 2.24) is 20.3 Å². The van der Waals surface area contributed by atoms with Gasteiger partial charge in [-0.3, -0.25) is 38.5 Å². The molecule has 4 aliphatic heterocycles. The minimum atomic E-state index is -0.359. The van der Waals surface area contributed by atoms with Gasteiger partial charge in [-0.05, 0) is 179 Å². The van der Waals surface area contributed by atoms with Crippen molar-refractivity contribution in [2.45, 2.75) is 375 Å². The molecular weight excluding hydrogens is 993 g/mol. The van der Waals surface area contributed by atoms with E-state index < -0.39 is 0 Å². The molecule has 78 heavy (non-hydrogen) atoms. The molecule has 0 atom stereocenters. The zero-order chi connectivity index (χ0) is 59.6. The summed E-state index contributed by atoms with van der Waals surface area (Å²) in [4.78, 5) is 74.9. The van der Waals surface area contributed by atoms with Crippen molar-refractivity contribution in [2.24, 2.45) is 0 Å². The lowest BCUT2D eigenvalue weighted by Crippen LogP contribution is -2.62. The molecule has 16 heteroatoms. The van der Waals surface area contributed by atoms with Gasteiger partial charge in [0.25, 0.3) is 0 Å². The third kappa shape index (κ3) is 21.7. The predicted octanol–water partition coefficient (Wildman–Crippen LogP) is 13.5. The number of esters is 4. The molecule has 0 bridgehead atoms. The molecule has 0 spiro atoms. The van der Waals surface area contributed by atoms with Gasteiger partial charge in [-0.2, -0.15) is 20.3 Å². The summed E-state index contributed by atoms with van der Waals surface area (Å²) in [6, 6.07) is 0. The number of rotatable bonds is 24. The monoisotopic (exact) mass is 1110 g/mol. The topological polar surface area (TPSA) is 155 Å². The van der Waals surface area contributed by atoms with Gasteiger partial charge >= 0.3 is 23.9 Å². The Hall–Kier alpha value is -2.44. The van der Waals surface area contributed by atoms with Gasteiger partial charge in [-0.1, -0.05) is 25.7 Å². The zero-order valence-electron chi connectivity index (χ0n) is 54.0. The Morgan fingerprint density at radius 1 is 0.295 bits per heavy atom. The third-order valence-corrected chi connectivity index (χ3v) is 15.2. The molecule has 0 unspecified atom stereocenters. The maximum absolute atomic E-state index is 12.6. The number of ether oxygens (including phenoxy) is 4. The first-order valence-electron chi connectivity index (χ1n) is 30.2. The van der Waals surface area contributed by atoms with E-state index in [1.807, 2.05) is 65.5 Å². The predicted molar refractivity (Wildman–Crippen MR) is 307 cm³/mol. The maximum Gasteiger partial charge on any atom is 0.306 e. The van der Waals surface area contributed by atoms with Gasteiger partial charge in [0.2, 0.25) is 0 Å². The first kappa shape index (κ1) is 69.8. The molecule has 0 aliphatic carbocycles. The highest BCUT2D eigenvalue weighted by Crippen LogP contribution is 2.44. The Morgan fingerprint density at radius 2 is 0.449 bits per heavy atom. The van der Waals surface area contributed by atoms with Gasteiger partial charge in [0.15, 0.2) is 0 Å². The summed E-state index contributed by atoms with van der Waals surface area (Å²) in [5, 5.41) is 8.30. The Bertz CT molecular complexity index is 1700. The standard InChI is InChI=1S/C34H64N2O6.C28H52N2O6/c1-25(2)41-35-31(5,6)21-27(22-32(35,7)8)39-29(37)19-17-15-13-14-16-18-20-30(38)40-28-23-33(9,10)36(42-26(3)4)34(11,12)24-28;1-19(2)35-29-25(5,6)15-21(16-26(29,7)8)33-23(31)13-14-24(32)34-22-17-27(9,10)30(36-20(3)4)28(11,12)18-22/h25-28H,13-24H2,1-12H3;19-22H,13-18H2,1-12H3. The van der Waals surface area contributed by atoms with Crippen molar-refractivity contribution in [2.75, 3.05) is 0 Å². The third-order valence-electron chi connectivity index (χ3n) is 15.2. The fourth-order valence-electron chi connectivity index (χ4n) is 13.4. The lowest BCUT2D eigenvalue weighted by Gasteiger charge is -2.54. The molecule has 4 fully saturated rings.